The van der Waals surface area contributed by atoms with Crippen molar-refractivity contribution in [3.05, 3.63) is 75.1 Å². The number of benzene rings is 2. The number of carbonyl (C=O) groups excluding carboxylic acids is 1. The Labute approximate surface area is 180 Å². The van der Waals surface area contributed by atoms with E-state index in [1.807, 2.05) is 0 Å². The van der Waals surface area contributed by atoms with Crippen LogP contribution >= 0.6 is 27.5 Å². The number of halogens is 3. The first-order chi connectivity index (χ1) is 13.7. The number of aromatic nitrogens is 2. The van der Waals surface area contributed by atoms with Gasteiger partial charge < -0.3 is 5.32 Å². The van der Waals surface area contributed by atoms with Crippen molar-refractivity contribution in [1.29, 1.82) is 0 Å². The number of nitrogens with zero attached hydrogens (tertiary/aromatic N) is 2. The Kier molecular flexibility index (Phi) is 6.40. The van der Waals surface area contributed by atoms with Crippen LogP contribution < -0.4 is 5.32 Å². The minimum atomic E-state index is -3.49. The van der Waals surface area contributed by atoms with E-state index in [0.29, 0.717) is 10.0 Å². The van der Waals surface area contributed by atoms with E-state index in [9.17, 15) is 17.6 Å². The van der Waals surface area contributed by atoms with Gasteiger partial charge in [-0.05, 0) is 40.2 Å². The first kappa shape index (κ1) is 21.5. The van der Waals surface area contributed by atoms with Crippen LogP contribution in [0.15, 0.2) is 58.0 Å². The minimum absolute atomic E-state index is 0.0109. The molecule has 0 fully saturated rings. The van der Waals surface area contributed by atoms with Gasteiger partial charge in [0.1, 0.15) is 5.82 Å². The molecule has 0 atom stereocenters. The summed E-state index contributed by atoms with van der Waals surface area (Å²) >= 11 is 9.39. The zero-order valence-electron chi connectivity index (χ0n) is 15.2. The Morgan fingerprint density at radius 2 is 2.00 bits per heavy atom. The summed E-state index contributed by atoms with van der Waals surface area (Å²) in [4.78, 5) is 12.7. The van der Waals surface area contributed by atoms with Crippen molar-refractivity contribution < 1.29 is 17.6 Å². The maximum atomic E-state index is 13.8. The monoisotopic (exact) mass is 499 g/mol. The van der Waals surface area contributed by atoms with Crippen molar-refractivity contribution in [3.63, 3.8) is 0 Å². The number of carbonyl (C=O) groups is 1. The molecule has 0 saturated carbocycles. The molecule has 3 rings (SSSR count). The average molecular weight is 501 g/mol. The van der Waals surface area contributed by atoms with Crippen LogP contribution in [0.25, 0.3) is 0 Å². The standard InChI is InChI=1S/C19H16BrClFN3O3S/c1-2-29(27,28)13-7-8-16(21)14(9-13)19(26)23-18-15(20)11-25(24-18)10-12-5-3-4-6-17(12)22/h3-9,11H,2,10H2,1H3,(H,23,24,26). The Balaban J connectivity index is 1.84. The van der Waals surface area contributed by atoms with Gasteiger partial charge in [0.05, 0.1) is 32.3 Å². The van der Waals surface area contributed by atoms with Gasteiger partial charge in [-0.15, -0.1) is 0 Å². The first-order valence-corrected chi connectivity index (χ1v) is 11.3. The molecule has 1 amide bonds. The molecule has 6 nitrogen and oxygen atoms in total. The van der Waals surface area contributed by atoms with Gasteiger partial charge in [-0.25, -0.2) is 12.8 Å². The van der Waals surface area contributed by atoms with E-state index in [-0.39, 0.29) is 39.4 Å². The average Bonchev–Trinajstić information content (AvgIpc) is 3.02. The third kappa shape index (κ3) is 4.85. The molecule has 0 aliphatic carbocycles. The van der Waals surface area contributed by atoms with E-state index in [2.05, 4.69) is 26.3 Å². The van der Waals surface area contributed by atoms with Crippen LogP contribution in [0.2, 0.25) is 5.02 Å². The fourth-order valence-corrected chi connectivity index (χ4v) is 4.10. The lowest BCUT2D eigenvalue weighted by Crippen LogP contribution is -2.15. The Morgan fingerprint density at radius 1 is 1.28 bits per heavy atom. The summed E-state index contributed by atoms with van der Waals surface area (Å²) in [6.45, 7) is 1.69. The molecule has 0 aliphatic rings. The van der Waals surface area contributed by atoms with Crippen LogP contribution in [0.4, 0.5) is 10.2 Å². The van der Waals surface area contributed by atoms with Gasteiger partial charge in [0.25, 0.3) is 5.91 Å². The van der Waals surface area contributed by atoms with E-state index < -0.39 is 15.7 Å². The third-order valence-corrected chi connectivity index (χ3v) is 6.80. The number of amides is 1. The summed E-state index contributed by atoms with van der Waals surface area (Å²) in [5.74, 6) is -0.863. The molecule has 0 saturated heterocycles. The van der Waals surface area contributed by atoms with Crippen molar-refractivity contribution in [2.24, 2.45) is 0 Å². The molecule has 2 aromatic carbocycles. The predicted molar refractivity (Wildman–Crippen MR) is 113 cm³/mol. The van der Waals surface area contributed by atoms with Crippen LogP contribution in [0.3, 0.4) is 0 Å². The Hall–Kier alpha value is -2.23. The lowest BCUT2D eigenvalue weighted by Gasteiger charge is -2.08. The topological polar surface area (TPSA) is 81.1 Å². The van der Waals surface area contributed by atoms with Crippen molar-refractivity contribution >= 4 is 49.1 Å². The summed E-state index contributed by atoms with van der Waals surface area (Å²) < 4.78 is 39.9. The molecule has 10 heteroatoms. The van der Waals surface area contributed by atoms with Gasteiger partial charge >= 0.3 is 0 Å². The lowest BCUT2D eigenvalue weighted by molar-refractivity contribution is 0.102. The predicted octanol–water partition coefficient (Wildman–Crippen LogP) is 4.53. The molecule has 0 radical (unpaired) electrons. The second-order valence-electron chi connectivity index (χ2n) is 6.11. The molecule has 1 heterocycles. The van der Waals surface area contributed by atoms with E-state index in [4.69, 9.17) is 11.6 Å². The first-order valence-electron chi connectivity index (χ1n) is 8.51. The number of hydrogen-bond donors (Lipinski definition) is 1. The number of anilines is 1. The number of sulfone groups is 1. The van der Waals surface area contributed by atoms with Crippen LogP contribution in [-0.2, 0) is 16.4 Å². The molecule has 0 aliphatic heterocycles. The van der Waals surface area contributed by atoms with Gasteiger partial charge in [-0.2, -0.15) is 5.10 Å². The summed E-state index contributed by atoms with van der Waals surface area (Å²) in [5.41, 5.74) is 0.456. The van der Waals surface area contributed by atoms with E-state index in [1.165, 1.54) is 35.9 Å². The second-order valence-corrected chi connectivity index (χ2v) is 9.65. The largest absolute Gasteiger partial charge is 0.304 e. The van der Waals surface area contributed by atoms with Crippen LogP contribution in [0.5, 0.6) is 0 Å². The molecule has 152 valence electrons. The highest BCUT2D eigenvalue weighted by molar-refractivity contribution is 9.10. The Morgan fingerprint density at radius 3 is 2.69 bits per heavy atom. The van der Waals surface area contributed by atoms with E-state index >= 15 is 0 Å². The van der Waals surface area contributed by atoms with Crippen LogP contribution in [-0.4, -0.2) is 29.9 Å². The quantitative estimate of drug-likeness (QED) is 0.539. The van der Waals surface area contributed by atoms with Crippen LogP contribution in [0, 0.1) is 5.82 Å². The smallest absolute Gasteiger partial charge is 0.258 e. The number of nitrogens with one attached hydrogen (secondary N) is 1. The van der Waals surface area contributed by atoms with Gasteiger partial charge in [-0.1, -0.05) is 36.7 Å². The molecule has 29 heavy (non-hydrogen) atoms. The Bertz CT molecular complexity index is 1180. The summed E-state index contributed by atoms with van der Waals surface area (Å²) in [6.07, 6.45) is 1.60. The minimum Gasteiger partial charge on any atom is -0.304 e. The molecule has 0 unspecified atom stereocenters. The van der Waals surface area contributed by atoms with Crippen molar-refractivity contribution in [3.8, 4) is 0 Å². The summed E-state index contributed by atoms with van der Waals surface area (Å²) in [7, 11) is -3.49. The molecule has 1 aromatic heterocycles. The molecule has 3 aromatic rings. The maximum Gasteiger partial charge on any atom is 0.258 e. The molecular weight excluding hydrogens is 485 g/mol. The van der Waals surface area contributed by atoms with Gasteiger partial charge in [0, 0.05) is 11.8 Å². The molecule has 0 bridgehead atoms. The normalized spacial score (nSPS) is 11.4. The molecule has 0 spiro atoms. The van der Waals surface area contributed by atoms with E-state index in [0.717, 1.165) is 0 Å². The SMILES string of the molecule is CCS(=O)(=O)c1ccc(Cl)c(C(=O)Nc2nn(Cc3ccccc3F)cc2Br)c1. The maximum absolute atomic E-state index is 13.8. The fraction of sp³-hybridized carbons (Fsp3) is 0.158. The van der Waals surface area contributed by atoms with Gasteiger partial charge in [-0.3, -0.25) is 9.48 Å². The highest BCUT2D eigenvalue weighted by Crippen LogP contribution is 2.25. The summed E-state index contributed by atoms with van der Waals surface area (Å²) in [5, 5.41) is 6.94. The van der Waals surface area contributed by atoms with Crippen molar-refractivity contribution in [2.75, 3.05) is 11.1 Å². The molecular formula is C19H16BrClFN3O3S. The van der Waals surface area contributed by atoms with Crippen molar-refractivity contribution in [2.45, 2.75) is 18.4 Å². The second kappa shape index (κ2) is 8.64. The zero-order valence-corrected chi connectivity index (χ0v) is 18.4. The fourth-order valence-electron chi connectivity index (χ4n) is 2.58. The van der Waals surface area contributed by atoms with Gasteiger partial charge in [0.2, 0.25) is 0 Å². The van der Waals surface area contributed by atoms with E-state index in [1.54, 1.807) is 24.4 Å². The lowest BCUT2D eigenvalue weighted by atomic mass is 10.2. The van der Waals surface area contributed by atoms with Crippen molar-refractivity contribution in [1.82, 2.24) is 9.78 Å². The zero-order chi connectivity index (χ0) is 21.2. The molecule has 1 N–H and O–H groups in total. The van der Waals surface area contributed by atoms with Gasteiger partial charge in [0.15, 0.2) is 15.7 Å². The number of hydrogen-bond acceptors (Lipinski definition) is 4. The highest BCUT2D eigenvalue weighted by atomic mass is 79.9. The summed E-state index contributed by atoms with van der Waals surface area (Å²) in [6, 6.07) is 10.3. The van der Waals surface area contributed by atoms with Crippen LogP contribution in [0.1, 0.15) is 22.8 Å². The third-order valence-electron chi connectivity index (χ3n) is 4.16. The highest BCUT2D eigenvalue weighted by Gasteiger charge is 2.19. The number of rotatable bonds is 6.